The largest absolute Gasteiger partial charge is 0.494 e. The van der Waals surface area contributed by atoms with Crippen molar-refractivity contribution in [3.8, 4) is 34.1 Å². The van der Waals surface area contributed by atoms with E-state index >= 15 is 0 Å². The number of esters is 2. The van der Waals surface area contributed by atoms with E-state index in [0.717, 1.165) is 60.1 Å². The fourth-order valence-corrected chi connectivity index (χ4v) is 6.04. The summed E-state index contributed by atoms with van der Waals surface area (Å²) in [5.41, 5.74) is 2.05. The predicted molar refractivity (Wildman–Crippen MR) is 209 cm³/mol. The van der Waals surface area contributed by atoms with Crippen LogP contribution in [0.5, 0.6) is 23.0 Å². The van der Waals surface area contributed by atoms with E-state index in [9.17, 15) is 9.59 Å². The number of carbonyl (C=O) groups is 2. The zero-order chi connectivity index (χ0) is 36.1. The maximum atomic E-state index is 13.7. The van der Waals surface area contributed by atoms with Gasteiger partial charge in [0.15, 0.2) is 0 Å². The molecule has 0 aliphatic rings. The van der Waals surface area contributed by atoms with Crippen LogP contribution in [0, 0.1) is 0 Å². The topological polar surface area (TPSA) is 71.1 Å². The zero-order valence-corrected chi connectivity index (χ0v) is 29.2. The summed E-state index contributed by atoms with van der Waals surface area (Å²) in [4.78, 5) is 27.3. The molecule has 6 aromatic rings. The molecule has 0 saturated carbocycles. The number of allylic oxidation sites excluding steroid dienone is 2. The average Bonchev–Trinajstić information content (AvgIpc) is 3.18. The van der Waals surface area contributed by atoms with E-state index in [1.54, 1.807) is 60.7 Å². The van der Waals surface area contributed by atoms with Crippen LogP contribution in [0.4, 0.5) is 0 Å². The Kier molecular flexibility index (Phi) is 12.1. The van der Waals surface area contributed by atoms with E-state index in [1.165, 1.54) is 0 Å². The molecule has 0 N–H and O–H groups in total. The molecule has 6 nitrogen and oxygen atoms in total. The molecule has 0 heterocycles. The van der Waals surface area contributed by atoms with Gasteiger partial charge in [-0.2, -0.15) is 0 Å². The van der Waals surface area contributed by atoms with Crippen LogP contribution >= 0.6 is 0 Å². The minimum atomic E-state index is -0.518. The van der Waals surface area contributed by atoms with Crippen molar-refractivity contribution >= 4 is 33.5 Å². The van der Waals surface area contributed by atoms with Gasteiger partial charge in [-0.05, 0) is 121 Å². The number of hydrogen-bond acceptors (Lipinski definition) is 6. The van der Waals surface area contributed by atoms with Crippen molar-refractivity contribution in [2.45, 2.75) is 38.5 Å². The van der Waals surface area contributed by atoms with Gasteiger partial charge in [0.25, 0.3) is 0 Å². The van der Waals surface area contributed by atoms with Crippen LogP contribution in [0.1, 0.15) is 59.2 Å². The normalized spacial score (nSPS) is 10.8. The van der Waals surface area contributed by atoms with Crippen LogP contribution in [0.25, 0.3) is 32.7 Å². The molecule has 6 heteroatoms. The Morgan fingerprint density at radius 3 is 1.29 bits per heavy atom. The Bertz CT molecular complexity index is 2010. The molecule has 6 rings (SSSR count). The van der Waals surface area contributed by atoms with Gasteiger partial charge >= 0.3 is 11.9 Å². The van der Waals surface area contributed by atoms with Gasteiger partial charge in [-0.15, -0.1) is 13.2 Å². The van der Waals surface area contributed by atoms with E-state index in [2.05, 4.69) is 13.2 Å². The molecule has 262 valence electrons. The van der Waals surface area contributed by atoms with Gasteiger partial charge in [0.05, 0.1) is 24.3 Å². The van der Waals surface area contributed by atoms with Gasteiger partial charge < -0.3 is 18.9 Å². The first kappa shape index (κ1) is 35.7. The molecular weight excluding hydrogens is 648 g/mol. The zero-order valence-electron chi connectivity index (χ0n) is 29.2. The van der Waals surface area contributed by atoms with Gasteiger partial charge in [0.1, 0.15) is 23.0 Å². The van der Waals surface area contributed by atoms with E-state index in [4.69, 9.17) is 18.9 Å². The maximum Gasteiger partial charge on any atom is 0.343 e. The third kappa shape index (κ3) is 8.77. The van der Waals surface area contributed by atoms with Gasteiger partial charge in [0, 0.05) is 11.1 Å². The number of hydrogen-bond donors (Lipinski definition) is 0. The van der Waals surface area contributed by atoms with Crippen LogP contribution in [0.15, 0.2) is 147 Å². The highest BCUT2D eigenvalue weighted by molar-refractivity contribution is 6.11. The summed E-state index contributed by atoms with van der Waals surface area (Å²) >= 11 is 0. The number of unbranched alkanes of at least 4 members (excludes halogenated alkanes) is 4. The minimum absolute atomic E-state index is 0.342. The van der Waals surface area contributed by atoms with Crippen molar-refractivity contribution in [2.75, 3.05) is 13.2 Å². The van der Waals surface area contributed by atoms with Crippen molar-refractivity contribution in [2.24, 2.45) is 0 Å². The molecule has 0 atom stereocenters. The summed E-state index contributed by atoms with van der Waals surface area (Å²) in [7, 11) is 0. The summed E-state index contributed by atoms with van der Waals surface area (Å²) in [5, 5.41) is 3.57. The molecule has 0 unspecified atom stereocenters. The molecular formula is C46H42O6. The van der Waals surface area contributed by atoms with Crippen molar-refractivity contribution in [3.05, 3.63) is 158 Å². The second kappa shape index (κ2) is 17.7. The van der Waals surface area contributed by atoms with Crippen molar-refractivity contribution in [3.63, 3.8) is 0 Å². The first-order valence-corrected chi connectivity index (χ1v) is 17.7. The predicted octanol–water partition coefficient (Wildman–Crippen LogP) is 11.6. The average molecular weight is 691 g/mol. The van der Waals surface area contributed by atoms with Crippen LogP contribution in [-0.2, 0) is 0 Å². The molecule has 0 aromatic heterocycles. The van der Waals surface area contributed by atoms with Crippen LogP contribution < -0.4 is 18.9 Å². The van der Waals surface area contributed by atoms with Crippen molar-refractivity contribution in [1.29, 1.82) is 0 Å². The van der Waals surface area contributed by atoms with E-state index in [0.29, 0.717) is 58.5 Å². The Labute approximate surface area is 304 Å². The standard InChI is InChI=1S/C46H42O6/c1-3-5-7-13-31-49-37-25-19-35(20-26-37)45(47)51-41-29-23-33-15-9-11-17-39(33)43(41)44-40-18-12-10-16-34(40)24-30-42(44)52-46(48)36-21-27-38(28-22-36)50-32-14-8-6-4-2/h3-4,9-12,15-30H,1-2,5-8,13-14,31-32H2. The first-order valence-electron chi connectivity index (χ1n) is 17.7. The number of benzene rings is 6. The highest BCUT2D eigenvalue weighted by atomic mass is 16.5. The maximum absolute atomic E-state index is 13.7. The second-order valence-electron chi connectivity index (χ2n) is 12.4. The second-order valence-corrected chi connectivity index (χ2v) is 12.4. The monoisotopic (exact) mass is 690 g/mol. The number of rotatable bonds is 17. The molecule has 0 aliphatic heterocycles. The molecule has 0 aliphatic carbocycles. The Morgan fingerprint density at radius 2 is 0.885 bits per heavy atom. The van der Waals surface area contributed by atoms with Crippen LogP contribution in [-0.4, -0.2) is 25.2 Å². The molecule has 6 aromatic carbocycles. The third-order valence-electron chi connectivity index (χ3n) is 8.76. The fraction of sp³-hybridized carbons (Fsp3) is 0.174. The summed E-state index contributed by atoms with van der Waals surface area (Å²) < 4.78 is 24.0. The molecule has 0 bridgehead atoms. The van der Waals surface area contributed by atoms with Gasteiger partial charge in [-0.1, -0.05) is 72.8 Å². The number of carbonyl (C=O) groups excluding carboxylic acids is 2. The van der Waals surface area contributed by atoms with E-state index in [1.807, 2.05) is 72.8 Å². The van der Waals surface area contributed by atoms with Crippen molar-refractivity contribution in [1.82, 2.24) is 0 Å². The molecule has 0 fully saturated rings. The molecule has 0 amide bonds. The van der Waals surface area contributed by atoms with E-state index < -0.39 is 11.9 Å². The lowest BCUT2D eigenvalue weighted by molar-refractivity contribution is 0.0723. The van der Waals surface area contributed by atoms with Gasteiger partial charge in [-0.25, -0.2) is 9.59 Å². The van der Waals surface area contributed by atoms with E-state index in [-0.39, 0.29) is 0 Å². The number of fused-ring (bicyclic) bond motifs is 2. The van der Waals surface area contributed by atoms with Gasteiger partial charge in [0.2, 0.25) is 0 Å². The van der Waals surface area contributed by atoms with Crippen LogP contribution in [0.2, 0.25) is 0 Å². The van der Waals surface area contributed by atoms with Crippen molar-refractivity contribution < 1.29 is 28.5 Å². The number of ether oxygens (including phenoxy) is 4. The summed E-state index contributed by atoms with van der Waals surface area (Å²) in [5.74, 6) is 1.02. The first-order chi connectivity index (χ1) is 25.6. The quantitative estimate of drug-likeness (QED) is 0.0411. The lowest BCUT2D eigenvalue weighted by Gasteiger charge is -2.19. The molecule has 0 spiro atoms. The SMILES string of the molecule is C=CCCCCOc1ccc(C(=O)Oc2ccc3ccccc3c2-c2c(OC(=O)c3ccc(OCCCCC=C)cc3)ccc3ccccc23)cc1. The highest BCUT2D eigenvalue weighted by Gasteiger charge is 2.23. The highest BCUT2D eigenvalue weighted by Crippen LogP contribution is 2.46. The Morgan fingerprint density at radius 1 is 0.481 bits per heavy atom. The Balaban J connectivity index is 1.31. The molecule has 0 saturated heterocycles. The molecule has 52 heavy (non-hydrogen) atoms. The lowest BCUT2D eigenvalue weighted by Crippen LogP contribution is -2.11. The third-order valence-corrected chi connectivity index (χ3v) is 8.76. The lowest BCUT2D eigenvalue weighted by atomic mass is 9.92. The Hall–Kier alpha value is -6.14. The van der Waals surface area contributed by atoms with Crippen LogP contribution in [0.3, 0.4) is 0 Å². The smallest absolute Gasteiger partial charge is 0.343 e. The minimum Gasteiger partial charge on any atom is -0.494 e. The fourth-order valence-electron chi connectivity index (χ4n) is 6.04. The van der Waals surface area contributed by atoms with Gasteiger partial charge in [-0.3, -0.25) is 0 Å². The molecule has 0 radical (unpaired) electrons. The summed E-state index contributed by atoms with van der Waals surface area (Å²) in [6, 6.07) is 37.1. The summed E-state index contributed by atoms with van der Waals surface area (Å²) in [6.07, 6.45) is 9.58. The summed E-state index contributed by atoms with van der Waals surface area (Å²) in [6.45, 7) is 8.69.